The van der Waals surface area contributed by atoms with Gasteiger partial charge in [-0.2, -0.15) is 0 Å². The van der Waals surface area contributed by atoms with Crippen molar-refractivity contribution < 1.29 is 23.8 Å². The summed E-state index contributed by atoms with van der Waals surface area (Å²) in [5.74, 6) is 0.276. The van der Waals surface area contributed by atoms with E-state index in [0.717, 1.165) is 0 Å². The van der Waals surface area contributed by atoms with Gasteiger partial charge in [-0.1, -0.05) is 12.7 Å². The van der Waals surface area contributed by atoms with Gasteiger partial charge in [0.15, 0.2) is 12.4 Å². The minimum absolute atomic E-state index is 0.110. The van der Waals surface area contributed by atoms with E-state index in [9.17, 15) is 9.59 Å². The summed E-state index contributed by atoms with van der Waals surface area (Å²) >= 11 is 0. The number of hydrogen-bond acceptors (Lipinski definition) is 5. The molecule has 0 saturated heterocycles. The molecule has 5 nitrogen and oxygen atoms in total. The first kappa shape index (κ1) is 15.8. The molecule has 1 rings (SSSR count). The minimum Gasteiger partial charge on any atom is -0.489 e. The third-order valence-electron chi connectivity index (χ3n) is 2.35. The van der Waals surface area contributed by atoms with E-state index in [0.29, 0.717) is 23.7 Å². The number of ether oxygens (including phenoxy) is 3. The lowest BCUT2D eigenvalue weighted by atomic mass is 10.1. The Bertz CT molecular complexity index is 493. The summed E-state index contributed by atoms with van der Waals surface area (Å²) in [6, 6.07) is 4.78. The first-order valence-electron chi connectivity index (χ1n) is 6.25. The average molecular weight is 278 g/mol. The number of benzene rings is 1. The van der Waals surface area contributed by atoms with Crippen LogP contribution in [0.3, 0.4) is 0 Å². The van der Waals surface area contributed by atoms with Gasteiger partial charge < -0.3 is 14.2 Å². The predicted molar refractivity (Wildman–Crippen MR) is 74.3 cm³/mol. The molecule has 0 heterocycles. The molecule has 1 aromatic carbocycles. The number of carbonyl (C=O) groups excluding carboxylic acids is 2. The smallest absolute Gasteiger partial charge is 0.344 e. The largest absolute Gasteiger partial charge is 0.489 e. The van der Waals surface area contributed by atoms with Crippen LogP contribution in [-0.2, 0) is 9.53 Å². The van der Waals surface area contributed by atoms with Crippen LogP contribution >= 0.6 is 0 Å². The van der Waals surface area contributed by atoms with Crippen LogP contribution in [0.5, 0.6) is 11.5 Å². The van der Waals surface area contributed by atoms with Gasteiger partial charge in [0.2, 0.25) is 0 Å². The second-order valence-electron chi connectivity index (χ2n) is 3.91. The van der Waals surface area contributed by atoms with E-state index >= 15 is 0 Å². The molecule has 0 spiro atoms. The molecule has 20 heavy (non-hydrogen) atoms. The summed E-state index contributed by atoms with van der Waals surface area (Å²) in [5.41, 5.74) is 0.454. The topological polar surface area (TPSA) is 61.8 Å². The Morgan fingerprint density at radius 2 is 2.05 bits per heavy atom. The summed E-state index contributed by atoms with van der Waals surface area (Å²) < 4.78 is 15.4. The zero-order valence-electron chi connectivity index (χ0n) is 11.7. The highest BCUT2D eigenvalue weighted by Crippen LogP contribution is 2.25. The molecule has 0 aliphatic heterocycles. The van der Waals surface area contributed by atoms with Crippen molar-refractivity contribution in [2.75, 3.05) is 19.8 Å². The Morgan fingerprint density at radius 3 is 2.65 bits per heavy atom. The maximum Gasteiger partial charge on any atom is 0.344 e. The van der Waals surface area contributed by atoms with E-state index in [1.807, 2.05) is 0 Å². The lowest BCUT2D eigenvalue weighted by Crippen LogP contribution is -2.14. The van der Waals surface area contributed by atoms with Gasteiger partial charge in [0.1, 0.15) is 18.1 Å². The van der Waals surface area contributed by atoms with Gasteiger partial charge in [0.05, 0.1) is 12.2 Å². The summed E-state index contributed by atoms with van der Waals surface area (Å²) in [7, 11) is 0. The first-order chi connectivity index (χ1) is 9.58. The van der Waals surface area contributed by atoms with E-state index in [1.165, 1.54) is 6.92 Å². The Labute approximate surface area is 118 Å². The molecular formula is C15H18O5. The van der Waals surface area contributed by atoms with Crippen LogP contribution in [0.15, 0.2) is 30.9 Å². The van der Waals surface area contributed by atoms with Gasteiger partial charge in [-0.15, -0.1) is 0 Å². The van der Waals surface area contributed by atoms with Gasteiger partial charge in [0, 0.05) is 6.07 Å². The van der Waals surface area contributed by atoms with Crippen molar-refractivity contribution in [3.63, 3.8) is 0 Å². The maximum atomic E-state index is 11.5. The maximum absolute atomic E-state index is 11.5. The summed E-state index contributed by atoms with van der Waals surface area (Å²) in [6.07, 6.45) is 1.58. The molecule has 0 atom stereocenters. The Balaban J connectivity index is 2.80. The predicted octanol–water partition coefficient (Wildman–Crippen LogP) is 2.40. The molecule has 0 N–H and O–H groups in total. The van der Waals surface area contributed by atoms with Crippen molar-refractivity contribution in [1.29, 1.82) is 0 Å². The van der Waals surface area contributed by atoms with Crippen molar-refractivity contribution >= 4 is 11.8 Å². The zero-order chi connectivity index (χ0) is 15.0. The molecule has 0 amide bonds. The molecule has 0 aliphatic rings. The summed E-state index contributed by atoms with van der Waals surface area (Å²) in [6.45, 7) is 7.12. The van der Waals surface area contributed by atoms with Crippen LogP contribution in [0, 0.1) is 0 Å². The fraction of sp³-hybridized carbons (Fsp3) is 0.333. The van der Waals surface area contributed by atoms with Crippen molar-refractivity contribution in [3.8, 4) is 11.5 Å². The molecule has 1 aromatic rings. The SMILES string of the molecule is C=CCOc1cc(OCC(=O)OCC)ccc1C(C)=O. The highest BCUT2D eigenvalue weighted by atomic mass is 16.6. The van der Waals surface area contributed by atoms with Crippen molar-refractivity contribution in [1.82, 2.24) is 0 Å². The minimum atomic E-state index is -0.447. The molecule has 0 unspecified atom stereocenters. The van der Waals surface area contributed by atoms with Crippen LogP contribution in [0.25, 0.3) is 0 Å². The van der Waals surface area contributed by atoms with Crippen molar-refractivity contribution in [3.05, 3.63) is 36.4 Å². The molecule has 0 saturated carbocycles. The number of ketones is 1. The second kappa shape index (κ2) is 7.99. The third-order valence-corrected chi connectivity index (χ3v) is 2.35. The highest BCUT2D eigenvalue weighted by Gasteiger charge is 2.11. The molecule has 108 valence electrons. The molecule has 0 fully saturated rings. The van der Waals surface area contributed by atoms with Gasteiger partial charge in [-0.05, 0) is 26.0 Å². The molecule has 0 aromatic heterocycles. The Kier molecular flexibility index (Phi) is 6.29. The van der Waals surface area contributed by atoms with Gasteiger partial charge in [-0.25, -0.2) is 4.79 Å². The van der Waals surface area contributed by atoms with E-state index in [4.69, 9.17) is 14.2 Å². The van der Waals surface area contributed by atoms with Crippen LogP contribution < -0.4 is 9.47 Å². The van der Waals surface area contributed by atoms with Crippen LogP contribution in [0.4, 0.5) is 0 Å². The van der Waals surface area contributed by atoms with Crippen molar-refractivity contribution in [2.45, 2.75) is 13.8 Å². The zero-order valence-corrected chi connectivity index (χ0v) is 11.7. The molecular weight excluding hydrogens is 260 g/mol. The number of carbonyl (C=O) groups is 2. The standard InChI is InChI=1S/C15H18O5/c1-4-8-19-14-9-12(6-7-13(14)11(3)16)20-10-15(17)18-5-2/h4,6-7,9H,1,5,8,10H2,2-3H3. The Morgan fingerprint density at radius 1 is 1.30 bits per heavy atom. The Hall–Kier alpha value is -2.30. The van der Waals surface area contributed by atoms with Crippen LogP contribution in [-0.4, -0.2) is 31.6 Å². The second-order valence-corrected chi connectivity index (χ2v) is 3.91. The third kappa shape index (κ3) is 4.76. The molecule has 5 heteroatoms. The highest BCUT2D eigenvalue weighted by molar-refractivity contribution is 5.97. The molecule has 0 bridgehead atoms. The molecule has 0 aliphatic carbocycles. The first-order valence-corrected chi connectivity index (χ1v) is 6.25. The van der Waals surface area contributed by atoms with Gasteiger partial charge in [-0.3, -0.25) is 4.79 Å². The fourth-order valence-corrected chi connectivity index (χ4v) is 1.50. The van der Waals surface area contributed by atoms with Crippen LogP contribution in [0.2, 0.25) is 0 Å². The lowest BCUT2D eigenvalue weighted by molar-refractivity contribution is -0.145. The van der Waals surface area contributed by atoms with Crippen molar-refractivity contribution in [2.24, 2.45) is 0 Å². The van der Waals surface area contributed by atoms with Crippen LogP contribution in [0.1, 0.15) is 24.2 Å². The summed E-state index contributed by atoms with van der Waals surface area (Å²) in [4.78, 5) is 22.7. The number of hydrogen-bond donors (Lipinski definition) is 0. The summed E-state index contributed by atoms with van der Waals surface area (Å²) in [5, 5.41) is 0. The average Bonchev–Trinajstić information content (AvgIpc) is 2.43. The number of rotatable bonds is 8. The van der Waals surface area contributed by atoms with E-state index in [1.54, 1.807) is 31.2 Å². The fourth-order valence-electron chi connectivity index (χ4n) is 1.50. The lowest BCUT2D eigenvalue weighted by Gasteiger charge is -2.11. The monoisotopic (exact) mass is 278 g/mol. The quantitative estimate of drug-likeness (QED) is 0.415. The van der Waals surface area contributed by atoms with E-state index in [-0.39, 0.29) is 19.0 Å². The van der Waals surface area contributed by atoms with E-state index in [2.05, 4.69) is 6.58 Å². The molecule has 0 radical (unpaired) electrons. The number of esters is 1. The normalized spacial score (nSPS) is 9.70. The van der Waals surface area contributed by atoms with E-state index < -0.39 is 5.97 Å². The van der Waals surface area contributed by atoms with Gasteiger partial charge >= 0.3 is 5.97 Å². The van der Waals surface area contributed by atoms with Gasteiger partial charge in [0.25, 0.3) is 0 Å². The number of Topliss-reactive ketones (excluding diaryl/α,β-unsaturated/α-hetero) is 1.